The van der Waals surface area contributed by atoms with E-state index in [1.165, 1.54) is 20.3 Å². The third-order valence-electron chi connectivity index (χ3n) is 4.08. The van der Waals surface area contributed by atoms with Crippen molar-refractivity contribution in [1.82, 2.24) is 4.98 Å². The minimum absolute atomic E-state index is 0.160. The predicted molar refractivity (Wildman–Crippen MR) is 105 cm³/mol. The molecule has 1 heterocycles. The molecular weight excluding hydrogens is 360 g/mol. The molecule has 28 heavy (non-hydrogen) atoms. The number of benzene rings is 2. The second kappa shape index (κ2) is 8.66. The molecular formula is C20H18N4O4. The maximum Gasteiger partial charge on any atom is 0.340 e. The summed E-state index contributed by atoms with van der Waals surface area (Å²) >= 11 is 0. The zero-order chi connectivity index (χ0) is 19.9. The van der Waals surface area contributed by atoms with Crippen molar-refractivity contribution in [2.45, 2.75) is 6.61 Å². The number of aromatic amines is 1. The highest BCUT2D eigenvalue weighted by Crippen LogP contribution is 2.38. The van der Waals surface area contributed by atoms with E-state index in [1.54, 1.807) is 12.3 Å². The molecule has 3 rings (SSSR count). The molecule has 0 bridgehead atoms. The predicted octanol–water partition coefficient (Wildman–Crippen LogP) is 4.58. The summed E-state index contributed by atoms with van der Waals surface area (Å²) in [5, 5.41) is 4.20. The number of rotatable bonds is 7. The van der Waals surface area contributed by atoms with Crippen molar-refractivity contribution in [2.24, 2.45) is 5.11 Å². The number of carbonyl (C=O) groups excluding carboxylic acids is 1. The van der Waals surface area contributed by atoms with Crippen LogP contribution in [0.4, 0.5) is 0 Å². The second-order valence-electron chi connectivity index (χ2n) is 5.75. The number of hydrogen-bond donors (Lipinski definition) is 1. The zero-order valence-corrected chi connectivity index (χ0v) is 15.4. The van der Waals surface area contributed by atoms with Gasteiger partial charge in [-0.1, -0.05) is 35.4 Å². The normalized spacial score (nSPS) is 11.0. The summed E-state index contributed by atoms with van der Waals surface area (Å²) in [5.41, 5.74) is 10.9. The summed E-state index contributed by atoms with van der Waals surface area (Å²) in [4.78, 5) is 17.7. The average molecular weight is 378 g/mol. The lowest BCUT2D eigenvalue weighted by molar-refractivity contribution is -0.136. The van der Waals surface area contributed by atoms with Crippen molar-refractivity contribution in [2.75, 3.05) is 14.2 Å². The molecule has 1 N–H and O–H groups in total. The zero-order valence-electron chi connectivity index (χ0n) is 15.4. The lowest BCUT2D eigenvalue weighted by atomic mass is 10.1. The van der Waals surface area contributed by atoms with Crippen molar-refractivity contribution < 1.29 is 19.0 Å². The Bertz CT molecular complexity index is 1070. The van der Waals surface area contributed by atoms with E-state index in [0.29, 0.717) is 29.2 Å². The van der Waals surface area contributed by atoms with E-state index in [0.717, 1.165) is 10.9 Å². The van der Waals surface area contributed by atoms with E-state index in [2.05, 4.69) is 19.7 Å². The molecule has 0 fully saturated rings. The molecule has 0 unspecified atom stereocenters. The number of ether oxygens (including phenoxy) is 3. The fraction of sp³-hybridized carbons (Fsp3) is 0.150. The van der Waals surface area contributed by atoms with Crippen molar-refractivity contribution in [3.63, 3.8) is 0 Å². The third-order valence-corrected chi connectivity index (χ3v) is 4.08. The number of nitrogens with one attached hydrogen (secondary N) is 1. The summed E-state index contributed by atoms with van der Waals surface area (Å²) in [6, 6.07) is 13.3. The van der Waals surface area contributed by atoms with Crippen molar-refractivity contribution in [3.8, 4) is 11.5 Å². The van der Waals surface area contributed by atoms with Gasteiger partial charge >= 0.3 is 5.97 Å². The number of esters is 1. The molecule has 0 atom stereocenters. The maximum atomic E-state index is 11.8. The van der Waals surface area contributed by atoms with Crippen LogP contribution >= 0.6 is 0 Å². The lowest BCUT2D eigenvalue weighted by Gasteiger charge is -2.14. The average Bonchev–Trinajstić information content (AvgIpc) is 3.22. The highest BCUT2D eigenvalue weighted by atomic mass is 16.5. The molecule has 0 radical (unpaired) electrons. The minimum atomic E-state index is -0.732. The van der Waals surface area contributed by atoms with E-state index in [1.807, 2.05) is 36.4 Å². The van der Waals surface area contributed by atoms with Crippen LogP contribution in [0.2, 0.25) is 0 Å². The number of azide groups is 1. The second-order valence-corrected chi connectivity index (χ2v) is 5.75. The molecule has 0 aliphatic rings. The Morgan fingerprint density at radius 3 is 2.71 bits per heavy atom. The van der Waals surface area contributed by atoms with Gasteiger partial charge < -0.3 is 19.2 Å². The van der Waals surface area contributed by atoms with Crippen LogP contribution in [-0.4, -0.2) is 25.2 Å². The van der Waals surface area contributed by atoms with E-state index < -0.39 is 5.97 Å². The molecule has 0 amide bonds. The quantitative estimate of drug-likeness (QED) is 0.213. The Kier molecular flexibility index (Phi) is 5.84. The molecule has 0 saturated heterocycles. The van der Waals surface area contributed by atoms with Gasteiger partial charge in [-0.15, -0.1) is 0 Å². The molecule has 142 valence electrons. The topological polar surface area (TPSA) is 109 Å². The molecule has 3 aromatic rings. The Morgan fingerprint density at radius 1 is 1.25 bits per heavy atom. The molecule has 2 aromatic carbocycles. The first-order valence-electron chi connectivity index (χ1n) is 8.37. The number of H-pyrrole nitrogens is 1. The number of carbonyl (C=O) groups is 1. The van der Waals surface area contributed by atoms with Crippen LogP contribution in [0.15, 0.2) is 59.5 Å². The maximum absolute atomic E-state index is 11.8. The highest BCUT2D eigenvalue weighted by Gasteiger charge is 2.16. The first-order valence-corrected chi connectivity index (χ1v) is 8.37. The fourth-order valence-corrected chi connectivity index (χ4v) is 2.78. The summed E-state index contributed by atoms with van der Waals surface area (Å²) in [5.74, 6) is 0.291. The fourth-order valence-electron chi connectivity index (χ4n) is 2.78. The third kappa shape index (κ3) is 3.92. The minimum Gasteiger partial charge on any atom is -0.493 e. The SMILES string of the molecule is COC(=O)C(=Cc1cc(OC)c(OCc2ccccc2)c2[nH]ccc12)N=[N+]=[N-]. The van der Waals surface area contributed by atoms with Crippen LogP contribution in [0.25, 0.3) is 27.4 Å². The van der Waals surface area contributed by atoms with Gasteiger partial charge in [-0.3, -0.25) is 0 Å². The van der Waals surface area contributed by atoms with Crippen molar-refractivity contribution >= 4 is 22.9 Å². The van der Waals surface area contributed by atoms with E-state index >= 15 is 0 Å². The Labute approximate surface area is 161 Å². The van der Waals surface area contributed by atoms with Crippen molar-refractivity contribution in [3.05, 3.63) is 75.9 Å². The van der Waals surface area contributed by atoms with E-state index in [4.69, 9.17) is 15.0 Å². The van der Waals surface area contributed by atoms with Gasteiger partial charge in [-0.05, 0) is 34.9 Å². The number of hydrogen-bond acceptors (Lipinski definition) is 5. The number of methoxy groups -OCH3 is 2. The Hall–Kier alpha value is -3.90. The van der Waals surface area contributed by atoms with Crippen LogP contribution in [0, 0.1) is 0 Å². The van der Waals surface area contributed by atoms with Crippen LogP contribution in [-0.2, 0) is 16.1 Å². The molecule has 0 spiro atoms. The van der Waals surface area contributed by atoms with Crippen LogP contribution in [0.5, 0.6) is 11.5 Å². The van der Waals surface area contributed by atoms with Gasteiger partial charge in [0, 0.05) is 16.5 Å². The van der Waals surface area contributed by atoms with Gasteiger partial charge in [-0.25, -0.2) is 4.79 Å². The summed E-state index contributed by atoms with van der Waals surface area (Å²) in [7, 11) is 2.75. The van der Waals surface area contributed by atoms with E-state index in [-0.39, 0.29) is 5.70 Å². The molecule has 0 aliphatic carbocycles. The van der Waals surface area contributed by atoms with Crippen LogP contribution in [0.1, 0.15) is 11.1 Å². The Morgan fingerprint density at radius 2 is 2.04 bits per heavy atom. The molecule has 0 aliphatic heterocycles. The van der Waals surface area contributed by atoms with E-state index in [9.17, 15) is 4.79 Å². The number of fused-ring (bicyclic) bond motifs is 1. The molecule has 8 nitrogen and oxygen atoms in total. The molecule has 0 saturated carbocycles. The first-order chi connectivity index (χ1) is 13.7. The van der Waals surface area contributed by atoms with Gasteiger partial charge in [0.1, 0.15) is 12.3 Å². The summed E-state index contributed by atoms with van der Waals surface area (Å²) < 4.78 is 16.2. The van der Waals surface area contributed by atoms with Crippen LogP contribution in [0.3, 0.4) is 0 Å². The summed E-state index contributed by atoms with van der Waals surface area (Å²) in [6.45, 7) is 0.368. The lowest BCUT2D eigenvalue weighted by Crippen LogP contribution is -2.02. The van der Waals surface area contributed by atoms with Crippen LogP contribution < -0.4 is 9.47 Å². The van der Waals surface area contributed by atoms with Gasteiger partial charge in [0.05, 0.1) is 19.7 Å². The standard InChI is InChI=1S/C20H18N4O4/c1-26-17-11-14(10-16(23-24-21)20(25)27-2)15-8-9-22-18(15)19(17)28-12-13-6-4-3-5-7-13/h3-11,22H,12H2,1-2H3. The largest absolute Gasteiger partial charge is 0.493 e. The molecule has 1 aromatic heterocycles. The van der Waals surface area contributed by atoms with Crippen molar-refractivity contribution in [1.29, 1.82) is 0 Å². The number of aromatic nitrogens is 1. The van der Waals surface area contributed by atoms with Gasteiger partial charge in [-0.2, -0.15) is 0 Å². The molecule has 8 heteroatoms. The monoisotopic (exact) mass is 378 g/mol. The number of nitrogens with zero attached hydrogens (tertiary/aromatic N) is 3. The van der Waals surface area contributed by atoms with Gasteiger partial charge in [0.15, 0.2) is 11.5 Å². The van der Waals surface area contributed by atoms with Gasteiger partial charge in [0.2, 0.25) is 0 Å². The highest BCUT2D eigenvalue weighted by molar-refractivity contribution is 6.00. The smallest absolute Gasteiger partial charge is 0.340 e. The van der Waals surface area contributed by atoms with Gasteiger partial charge in [0.25, 0.3) is 0 Å². The first kappa shape index (κ1) is 18.9. The summed E-state index contributed by atoms with van der Waals surface area (Å²) in [6.07, 6.45) is 3.20. The Balaban J connectivity index is 2.06.